The van der Waals surface area contributed by atoms with Crippen molar-refractivity contribution in [3.05, 3.63) is 53.9 Å². The minimum absolute atomic E-state index is 0.118. The summed E-state index contributed by atoms with van der Waals surface area (Å²) in [7, 11) is 0. The third-order valence-electron chi connectivity index (χ3n) is 2.51. The predicted octanol–water partition coefficient (Wildman–Crippen LogP) is 5.35. The van der Waals surface area contributed by atoms with Gasteiger partial charge in [0.2, 0.25) is 0 Å². The molecule has 0 aliphatic rings. The zero-order chi connectivity index (χ0) is 13.4. The highest BCUT2D eigenvalue weighted by atomic mass is 79.9. The van der Waals surface area contributed by atoms with Crippen LogP contribution in [-0.4, -0.2) is 5.11 Å². The molecule has 0 aliphatic heterocycles. The largest absolute Gasteiger partial charge is 0.383 e. The smallest absolute Gasteiger partial charge is 0.130 e. The molecule has 0 saturated heterocycles. The van der Waals surface area contributed by atoms with Crippen LogP contribution in [-0.2, 0) is 0 Å². The molecule has 0 aliphatic carbocycles. The molecule has 0 spiro atoms. The van der Waals surface area contributed by atoms with Crippen LogP contribution in [0.3, 0.4) is 0 Å². The quantitative estimate of drug-likeness (QED) is 0.707. The van der Waals surface area contributed by atoms with E-state index in [1.54, 1.807) is 0 Å². The molecule has 1 nitrogen and oxygen atoms in total. The Morgan fingerprint density at radius 1 is 1.39 bits per heavy atom. The van der Waals surface area contributed by atoms with Gasteiger partial charge in [0.05, 0.1) is 14.9 Å². The van der Waals surface area contributed by atoms with Gasteiger partial charge in [-0.15, -0.1) is 11.3 Å². The summed E-state index contributed by atoms with van der Waals surface area (Å²) in [5, 5.41) is 12.8. The molecule has 2 rings (SSSR count). The number of rotatable bonds is 2. The van der Waals surface area contributed by atoms with Gasteiger partial charge in [-0.3, -0.25) is 0 Å². The Morgan fingerprint density at radius 3 is 2.61 bits per heavy atom. The first-order valence-electron chi connectivity index (χ1n) is 4.97. The van der Waals surface area contributed by atoms with Crippen molar-refractivity contribution in [3.8, 4) is 0 Å². The zero-order valence-corrected chi connectivity index (χ0v) is 13.1. The summed E-state index contributed by atoms with van der Waals surface area (Å²) in [5.74, 6) is -0.527. The van der Waals surface area contributed by atoms with Crippen molar-refractivity contribution in [1.82, 2.24) is 0 Å². The van der Waals surface area contributed by atoms with Gasteiger partial charge >= 0.3 is 0 Å². The molecule has 1 aromatic carbocycles. The summed E-state index contributed by atoms with van der Waals surface area (Å²) >= 11 is 16.4. The first-order chi connectivity index (χ1) is 8.41. The van der Waals surface area contributed by atoms with Gasteiger partial charge in [-0.25, -0.2) is 4.39 Å². The molecule has 1 N–H and O–H groups in total. The average Bonchev–Trinajstić information content (AvgIpc) is 2.64. The maximum Gasteiger partial charge on any atom is 0.130 e. The minimum atomic E-state index is -1.11. The van der Waals surface area contributed by atoms with Crippen LogP contribution < -0.4 is 0 Å². The van der Waals surface area contributed by atoms with Crippen LogP contribution in [0.15, 0.2) is 22.0 Å². The predicted molar refractivity (Wildman–Crippen MR) is 77.2 cm³/mol. The van der Waals surface area contributed by atoms with Gasteiger partial charge < -0.3 is 5.11 Å². The van der Waals surface area contributed by atoms with E-state index >= 15 is 0 Å². The molecule has 0 saturated carbocycles. The fourth-order valence-corrected chi connectivity index (χ4v) is 3.31. The number of aryl methyl sites for hydroxylation is 1. The van der Waals surface area contributed by atoms with Gasteiger partial charge in [0.25, 0.3) is 0 Å². The van der Waals surface area contributed by atoms with E-state index in [9.17, 15) is 9.50 Å². The molecule has 1 heterocycles. The van der Waals surface area contributed by atoms with Crippen LogP contribution in [0.5, 0.6) is 0 Å². The molecule has 18 heavy (non-hydrogen) atoms. The van der Waals surface area contributed by atoms with Crippen LogP contribution in [0.4, 0.5) is 4.39 Å². The number of hydrogen-bond acceptors (Lipinski definition) is 2. The molecular formula is C12H8BrCl2FOS. The molecule has 1 atom stereocenters. The number of hydrogen-bond donors (Lipinski definition) is 1. The maximum absolute atomic E-state index is 13.8. The molecule has 0 amide bonds. The fraction of sp³-hybridized carbons (Fsp3) is 0.167. The van der Waals surface area contributed by atoms with Crippen molar-refractivity contribution < 1.29 is 9.50 Å². The van der Waals surface area contributed by atoms with E-state index in [2.05, 4.69) is 15.9 Å². The van der Waals surface area contributed by atoms with Gasteiger partial charge in [-0.05, 0) is 45.9 Å². The summed E-state index contributed by atoms with van der Waals surface area (Å²) in [5.41, 5.74) is 0.978. The fourth-order valence-electron chi connectivity index (χ4n) is 1.52. The number of aliphatic hydroxyl groups excluding tert-OH is 1. The molecule has 1 aromatic heterocycles. The Bertz CT molecular complexity index is 600. The molecular weight excluding hydrogens is 362 g/mol. The van der Waals surface area contributed by atoms with Crippen LogP contribution in [0, 0.1) is 12.7 Å². The van der Waals surface area contributed by atoms with Crippen molar-refractivity contribution in [2.24, 2.45) is 0 Å². The standard InChI is InChI=1S/C12H8BrCl2FOS/c1-5-4-18-12(10(5)15)11(17)6-2-8(14)7(13)3-9(6)16/h2-4,11,17H,1H3. The van der Waals surface area contributed by atoms with E-state index in [0.29, 0.717) is 19.4 Å². The SMILES string of the molecule is Cc1csc(C(O)c2cc(Cl)c(Br)cc2F)c1Cl. The third-order valence-corrected chi connectivity index (χ3v) is 5.47. The number of benzene rings is 1. The van der Waals surface area contributed by atoms with Gasteiger partial charge in [-0.2, -0.15) is 0 Å². The zero-order valence-electron chi connectivity index (χ0n) is 9.18. The van der Waals surface area contributed by atoms with E-state index in [0.717, 1.165) is 5.56 Å². The van der Waals surface area contributed by atoms with E-state index in [4.69, 9.17) is 23.2 Å². The molecule has 0 fully saturated rings. The monoisotopic (exact) mass is 368 g/mol. The Labute approximate surface area is 126 Å². The highest BCUT2D eigenvalue weighted by Gasteiger charge is 2.21. The van der Waals surface area contributed by atoms with E-state index < -0.39 is 11.9 Å². The summed E-state index contributed by atoms with van der Waals surface area (Å²) in [4.78, 5) is 0.520. The second kappa shape index (κ2) is 5.47. The van der Waals surface area contributed by atoms with Crippen molar-refractivity contribution in [2.45, 2.75) is 13.0 Å². The first kappa shape index (κ1) is 14.3. The molecule has 0 radical (unpaired) electrons. The summed E-state index contributed by atoms with van der Waals surface area (Å²) in [6.45, 7) is 1.83. The Hall–Kier alpha value is -0.130. The van der Waals surface area contributed by atoms with Gasteiger partial charge in [0, 0.05) is 10.0 Å². The van der Waals surface area contributed by atoms with E-state index in [1.807, 2.05) is 12.3 Å². The Morgan fingerprint density at radius 2 is 2.06 bits per heavy atom. The number of aliphatic hydroxyl groups is 1. The van der Waals surface area contributed by atoms with Crippen LogP contribution >= 0.6 is 50.5 Å². The van der Waals surface area contributed by atoms with Crippen LogP contribution in [0.2, 0.25) is 10.0 Å². The van der Waals surface area contributed by atoms with Crippen molar-refractivity contribution in [1.29, 1.82) is 0 Å². The van der Waals surface area contributed by atoms with Crippen LogP contribution in [0.1, 0.15) is 22.1 Å². The van der Waals surface area contributed by atoms with Gasteiger partial charge in [0.1, 0.15) is 11.9 Å². The summed E-state index contributed by atoms with van der Waals surface area (Å²) < 4.78 is 14.3. The number of halogens is 4. The van der Waals surface area contributed by atoms with Gasteiger partial charge in [0.15, 0.2) is 0 Å². The second-order valence-electron chi connectivity index (χ2n) is 3.79. The second-order valence-corrected chi connectivity index (χ2v) is 6.34. The first-order valence-corrected chi connectivity index (χ1v) is 7.40. The van der Waals surface area contributed by atoms with Crippen molar-refractivity contribution in [3.63, 3.8) is 0 Å². The van der Waals surface area contributed by atoms with Crippen molar-refractivity contribution >= 4 is 50.5 Å². The summed E-state index contributed by atoms with van der Waals surface area (Å²) in [6, 6.07) is 2.63. The minimum Gasteiger partial charge on any atom is -0.383 e. The van der Waals surface area contributed by atoms with E-state index in [-0.39, 0.29) is 5.56 Å². The highest BCUT2D eigenvalue weighted by molar-refractivity contribution is 9.10. The average molecular weight is 370 g/mol. The normalized spacial score (nSPS) is 12.8. The number of thiophene rings is 1. The third kappa shape index (κ3) is 2.58. The lowest BCUT2D eigenvalue weighted by atomic mass is 10.1. The maximum atomic E-state index is 13.8. The molecule has 96 valence electrons. The molecule has 0 bridgehead atoms. The van der Waals surface area contributed by atoms with E-state index in [1.165, 1.54) is 23.5 Å². The Kier molecular flexibility index (Phi) is 4.34. The molecule has 2 aromatic rings. The lowest BCUT2D eigenvalue weighted by Gasteiger charge is -2.12. The topological polar surface area (TPSA) is 20.2 Å². The molecule has 6 heteroatoms. The Balaban J connectivity index is 2.49. The highest BCUT2D eigenvalue weighted by Crippen LogP contribution is 2.38. The van der Waals surface area contributed by atoms with Crippen molar-refractivity contribution in [2.75, 3.05) is 0 Å². The van der Waals surface area contributed by atoms with Gasteiger partial charge in [-0.1, -0.05) is 23.2 Å². The van der Waals surface area contributed by atoms with Crippen LogP contribution in [0.25, 0.3) is 0 Å². The molecule has 1 unspecified atom stereocenters. The lowest BCUT2D eigenvalue weighted by Crippen LogP contribution is -2.01. The summed E-state index contributed by atoms with van der Waals surface area (Å²) in [6.07, 6.45) is -1.11. The lowest BCUT2D eigenvalue weighted by molar-refractivity contribution is 0.219.